The van der Waals surface area contributed by atoms with Crippen molar-refractivity contribution in [2.24, 2.45) is 0 Å². The predicted octanol–water partition coefficient (Wildman–Crippen LogP) is 11.8. The van der Waals surface area contributed by atoms with E-state index in [2.05, 4.69) is 174 Å². The van der Waals surface area contributed by atoms with Gasteiger partial charge in [0.1, 0.15) is 0 Å². The van der Waals surface area contributed by atoms with Crippen molar-refractivity contribution in [3.05, 3.63) is 182 Å². The van der Waals surface area contributed by atoms with Crippen LogP contribution in [0.5, 0.6) is 0 Å². The molecule has 0 aliphatic carbocycles. The Bertz CT molecular complexity index is 2330. The number of rotatable bonds is 7. The summed E-state index contributed by atoms with van der Waals surface area (Å²) in [5, 5.41) is 2.38. The Kier molecular flexibility index (Phi) is 7.12. The molecular formula is C44H33N3. The fourth-order valence-corrected chi connectivity index (χ4v) is 6.51. The van der Waals surface area contributed by atoms with Gasteiger partial charge in [-0.3, -0.25) is 0 Å². The Morgan fingerprint density at radius 1 is 0.468 bits per heavy atom. The van der Waals surface area contributed by atoms with Crippen LogP contribution in [-0.4, -0.2) is 4.57 Å². The minimum Gasteiger partial charge on any atom is -0.399 e. The van der Waals surface area contributed by atoms with Crippen LogP contribution in [0.2, 0.25) is 0 Å². The van der Waals surface area contributed by atoms with Gasteiger partial charge in [-0.25, -0.2) is 0 Å². The molecule has 3 heteroatoms. The lowest BCUT2D eigenvalue weighted by molar-refractivity contribution is 1.18. The molecule has 8 rings (SSSR count). The van der Waals surface area contributed by atoms with E-state index in [1.54, 1.807) is 0 Å². The second-order valence-corrected chi connectivity index (χ2v) is 11.8. The van der Waals surface area contributed by atoms with Crippen molar-refractivity contribution in [3.8, 4) is 27.9 Å². The number of benzene rings is 7. The van der Waals surface area contributed by atoms with Crippen LogP contribution < -0.4 is 10.6 Å². The van der Waals surface area contributed by atoms with Crippen molar-refractivity contribution in [3.63, 3.8) is 0 Å². The third kappa shape index (κ3) is 5.24. The summed E-state index contributed by atoms with van der Waals surface area (Å²) in [5.41, 5.74) is 19.2. The molecule has 0 aliphatic heterocycles. The molecule has 1 heterocycles. The fraction of sp³-hybridized carbons (Fsp3) is 0. The molecule has 2 N–H and O–H groups in total. The van der Waals surface area contributed by atoms with Crippen molar-refractivity contribution in [2.75, 3.05) is 10.6 Å². The number of nitrogens with zero attached hydrogens (tertiary/aromatic N) is 2. The normalized spacial score (nSPS) is 11.1. The summed E-state index contributed by atoms with van der Waals surface area (Å²) >= 11 is 0. The average Bonchev–Trinajstić information content (AvgIpc) is 3.46. The number of hydrogen-bond acceptors (Lipinski definition) is 2. The number of nitrogen functional groups attached to an aromatic ring is 1. The molecular weight excluding hydrogens is 571 g/mol. The van der Waals surface area contributed by atoms with Gasteiger partial charge in [0.25, 0.3) is 0 Å². The lowest BCUT2D eigenvalue weighted by atomic mass is 10.0. The molecule has 224 valence electrons. The standard InChI is InChI=1S/C44H33N3/c1-2-31-13-27-43-41(29-31)42-30-40(26-28-44(42)47(43)37-11-7-4-8-12-37)46(38-22-16-34(17-23-38)32-9-5-3-6-10-32)39-24-18-35(19-25-39)33-14-20-36(45)21-15-33/h2-30H,1,45H2. The van der Waals surface area contributed by atoms with Crippen LogP contribution in [-0.2, 0) is 0 Å². The minimum absolute atomic E-state index is 0.764. The first-order chi connectivity index (χ1) is 23.2. The van der Waals surface area contributed by atoms with Crippen LogP contribution in [0.25, 0.3) is 55.8 Å². The summed E-state index contributed by atoms with van der Waals surface area (Å²) in [5.74, 6) is 0. The molecule has 47 heavy (non-hydrogen) atoms. The first-order valence-electron chi connectivity index (χ1n) is 15.8. The summed E-state index contributed by atoms with van der Waals surface area (Å²) in [6.07, 6.45) is 1.91. The highest BCUT2D eigenvalue weighted by Gasteiger charge is 2.18. The van der Waals surface area contributed by atoms with E-state index in [-0.39, 0.29) is 0 Å². The first kappa shape index (κ1) is 28.2. The van der Waals surface area contributed by atoms with Crippen LogP contribution >= 0.6 is 0 Å². The van der Waals surface area contributed by atoms with Gasteiger partial charge >= 0.3 is 0 Å². The molecule has 1 aromatic heterocycles. The van der Waals surface area contributed by atoms with Crippen LogP contribution in [0.15, 0.2) is 176 Å². The molecule has 0 aliphatic rings. The Morgan fingerprint density at radius 2 is 0.936 bits per heavy atom. The molecule has 0 spiro atoms. The number of fused-ring (bicyclic) bond motifs is 3. The van der Waals surface area contributed by atoms with E-state index in [9.17, 15) is 0 Å². The quantitative estimate of drug-likeness (QED) is 0.184. The van der Waals surface area contributed by atoms with Gasteiger partial charge in [-0.15, -0.1) is 0 Å². The van der Waals surface area contributed by atoms with Gasteiger partial charge < -0.3 is 15.2 Å². The van der Waals surface area contributed by atoms with Crippen molar-refractivity contribution in [2.45, 2.75) is 0 Å². The zero-order chi connectivity index (χ0) is 31.7. The van der Waals surface area contributed by atoms with E-state index in [0.717, 1.165) is 50.6 Å². The number of nitrogens with two attached hydrogens (primary N) is 1. The molecule has 0 saturated heterocycles. The molecule has 0 bridgehead atoms. The lowest BCUT2D eigenvalue weighted by Crippen LogP contribution is -2.10. The van der Waals surface area contributed by atoms with Crippen LogP contribution in [0.4, 0.5) is 22.7 Å². The molecule has 0 unspecified atom stereocenters. The van der Waals surface area contributed by atoms with Crippen molar-refractivity contribution >= 4 is 50.6 Å². The van der Waals surface area contributed by atoms with E-state index in [1.165, 1.54) is 27.4 Å². The Morgan fingerprint density at radius 3 is 1.51 bits per heavy atom. The summed E-state index contributed by atoms with van der Waals surface area (Å²) in [6, 6.07) is 60.1. The highest BCUT2D eigenvalue weighted by Crippen LogP contribution is 2.41. The zero-order valence-corrected chi connectivity index (χ0v) is 25.9. The van der Waals surface area contributed by atoms with E-state index in [0.29, 0.717) is 0 Å². The third-order valence-electron chi connectivity index (χ3n) is 8.88. The van der Waals surface area contributed by atoms with Gasteiger partial charge in [0, 0.05) is 39.2 Å². The van der Waals surface area contributed by atoms with Gasteiger partial charge in [0.15, 0.2) is 0 Å². The minimum atomic E-state index is 0.764. The predicted molar refractivity (Wildman–Crippen MR) is 201 cm³/mol. The topological polar surface area (TPSA) is 34.2 Å². The van der Waals surface area contributed by atoms with Crippen LogP contribution in [0.1, 0.15) is 5.56 Å². The monoisotopic (exact) mass is 603 g/mol. The summed E-state index contributed by atoms with van der Waals surface area (Å²) in [4.78, 5) is 2.34. The van der Waals surface area contributed by atoms with Crippen LogP contribution in [0.3, 0.4) is 0 Å². The highest BCUT2D eigenvalue weighted by atomic mass is 15.1. The fourth-order valence-electron chi connectivity index (χ4n) is 6.51. The Hall–Kier alpha value is -6.32. The summed E-state index contributed by atoms with van der Waals surface area (Å²) in [7, 11) is 0. The zero-order valence-electron chi connectivity index (χ0n) is 25.9. The number of hydrogen-bond donors (Lipinski definition) is 1. The lowest BCUT2D eigenvalue weighted by Gasteiger charge is -2.26. The largest absolute Gasteiger partial charge is 0.399 e. The third-order valence-corrected chi connectivity index (χ3v) is 8.88. The number of para-hydroxylation sites is 1. The average molecular weight is 604 g/mol. The maximum Gasteiger partial charge on any atom is 0.0542 e. The van der Waals surface area contributed by atoms with E-state index in [4.69, 9.17) is 5.73 Å². The summed E-state index contributed by atoms with van der Waals surface area (Å²) < 4.78 is 2.35. The van der Waals surface area contributed by atoms with Gasteiger partial charge in [0.2, 0.25) is 0 Å². The molecule has 8 aromatic rings. The second-order valence-electron chi connectivity index (χ2n) is 11.8. The van der Waals surface area contributed by atoms with Crippen LogP contribution in [0, 0.1) is 0 Å². The maximum absolute atomic E-state index is 5.96. The smallest absolute Gasteiger partial charge is 0.0542 e. The molecule has 0 amide bonds. The molecule has 0 atom stereocenters. The molecule has 0 fully saturated rings. The Balaban J connectivity index is 1.30. The highest BCUT2D eigenvalue weighted by molar-refractivity contribution is 6.11. The Labute approximate surface area is 275 Å². The van der Waals surface area contributed by atoms with Crippen molar-refractivity contribution in [1.82, 2.24) is 4.57 Å². The first-order valence-corrected chi connectivity index (χ1v) is 15.8. The van der Waals surface area contributed by atoms with E-state index in [1.807, 2.05) is 18.2 Å². The summed E-state index contributed by atoms with van der Waals surface area (Å²) in [6.45, 7) is 4.05. The number of anilines is 4. The maximum atomic E-state index is 5.96. The molecule has 0 saturated carbocycles. The SMILES string of the molecule is C=Cc1ccc2c(c1)c1cc(N(c3ccc(-c4ccccc4)cc3)c3ccc(-c4ccc(N)cc4)cc3)ccc1n2-c1ccccc1. The second kappa shape index (κ2) is 11.9. The van der Waals surface area contributed by atoms with Gasteiger partial charge in [0.05, 0.1) is 11.0 Å². The van der Waals surface area contributed by atoms with Crippen molar-refractivity contribution < 1.29 is 0 Å². The molecule has 7 aromatic carbocycles. The van der Waals surface area contributed by atoms with Gasteiger partial charge in [-0.2, -0.15) is 0 Å². The van der Waals surface area contributed by atoms with Gasteiger partial charge in [-0.1, -0.05) is 104 Å². The van der Waals surface area contributed by atoms with Crippen molar-refractivity contribution in [1.29, 1.82) is 0 Å². The molecule has 0 radical (unpaired) electrons. The van der Waals surface area contributed by atoms with E-state index >= 15 is 0 Å². The number of aromatic nitrogens is 1. The van der Waals surface area contributed by atoms with Gasteiger partial charge in [-0.05, 0) is 107 Å². The molecule has 3 nitrogen and oxygen atoms in total. The van der Waals surface area contributed by atoms with E-state index < -0.39 is 0 Å².